The van der Waals surface area contributed by atoms with E-state index in [9.17, 15) is 4.79 Å². The van der Waals surface area contributed by atoms with Crippen molar-refractivity contribution in [1.82, 2.24) is 5.32 Å². The molecule has 2 aliphatic carbocycles. The lowest BCUT2D eigenvalue weighted by molar-refractivity contribution is -0.122. The molecular weight excluding hydrogens is 200 g/mol. The van der Waals surface area contributed by atoms with Crippen molar-refractivity contribution < 1.29 is 4.79 Å². The molecule has 2 rings (SSSR count). The number of amides is 1. The molecule has 3 N–H and O–H groups in total. The van der Waals surface area contributed by atoms with Crippen LogP contribution in [0.1, 0.15) is 51.9 Å². The van der Waals surface area contributed by atoms with Gasteiger partial charge < -0.3 is 11.1 Å². The molecule has 0 radical (unpaired) electrons. The molecule has 1 amide bonds. The Morgan fingerprint density at radius 1 is 1.50 bits per heavy atom. The largest absolute Gasteiger partial charge is 0.355 e. The Kier molecular flexibility index (Phi) is 3.53. The van der Waals surface area contributed by atoms with Crippen LogP contribution in [0.25, 0.3) is 0 Å². The van der Waals surface area contributed by atoms with E-state index >= 15 is 0 Å². The molecule has 16 heavy (non-hydrogen) atoms. The van der Waals surface area contributed by atoms with Gasteiger partial charge in [-0.2, -0.15) is 0 Å². The number of rotatable bonds is 6. The van der Waals surface area contributed by atoms with Gasteiger partial charge in [0.25, 0.3) is 0 Å². The monoisotopic (exact) mass is 224 g/mol. The van der Waals surface area contributed by atoms with Crippen LogP contribution in [0.15, 0.2) is 0 Å². The fraction of sp³-hybridized carbons (Fsp3) is 0.923. The minimum Gasteiger partial charge on any atom is -0.355 e. The first kappa shape index (κ1) is 11.9. The van der Waals surface area contributed by atoms with Crippen molar-refractivity contribution in [3.8, 4) is 0 Å². The Hall–Kier alpha value is -0.570. The van der Waals surface area contributed by atoms with Crippen molar-refractivity contribution in [2.75, 3.05) is 6.54 Å². The van der Waals surface area contributed by atoms with Crippen molar-refractivity contribution in [3.63, 3.8) is 0 Å². The summed E-state index contributed by atoms with van der Waals surface area (Å²) in [5.74, 6) is 0.772. The minimum atomic E-state index is 0.0963. The van der Waals surface area contributed by atoms with Gasteiger partial charge in [-0.1, -0.05) is 13.3 Å². The lowest BCUT2D eigenvalue weighted by Gasteiger charge is -2.41. The molecule has 2 aliphatic rings. The normalized spacial score (nSPS) is 24.6. The zero-order valence-electron chi connectivity index (χ0n) is 10.3. The number of nitrogens with one attached hydrogen (secondary N) is 1. The second-order valence-corrected chi connectivity index (χ2v) is 5.69. The molecule has 2 saturated carbocycles. The van der Waals surface area contributed by atoms with Gasteiger partial charge in [-0.3, -0.25) is 4.79 Å². The third-order valence-corrected chi connectivity index (χ3v) is 4.47. The highest BCUT2D eigenvalue weighted by Crippen LogP contribution is 2.43. The summed E-state index contributed by atoms with van der Waals surface area (Å²) in [6, 6.07) is 0.0963. The van der Waals surface area contributed by atoms with Crippen LogP contribution in [0.3, 0.4) is 0 Å². The van der Waals surface area contributed by atoms with E-state index < -0.39 is 0 Å². The van der Waals surface area contributed by atoms with Gasteiger partial charge in [-0.05, 0) is 43.4 Å². The summed E-state index contributed by atoms with van der Waals surface area (Å²) in [6.07, 6.45) is 8.01. The summed E-state index contributed by atoms with van der Waals surface area (Å²) in [7, 11) is 0. The molecule has 0 spiro atoms. The quantitative estimate of drug-likeness (QED) is 0.723. The van der Waals surface area contributed by atoms with E-state index in [1.807, 2.05) is 0 Å². The Morgan fingerprint density at radius 2 is 2.19 bits per heavy atom. The maximum Gasteiger partial charge on any atom is 0.221 e. The number of carbonyl (C=O) groups is 1. The fourth-order valence-electron chi connectivity index (χ4n) is 2.60. The molecule has 0 heterocycles. The zero-order valence-corrected chi connectivity index (χ0v) is 10.3. The van der Waals surface area contributed by atoms with Gasteiger partial charge in [0.2, 0.25) is 5.91 Å². The van der Waals surface area contributed by atoms with E-state index in [1.54, 1.807) is 0 Å². The maximum absolute atomic E-state index is 11.7. The maximum atomic E-state index is 11.7. The van der Waals surface area contributed by atoms with Gasteiger partial charge in [-0.25, -0.2) is 0 Å². The van der Waals surface area contributed by atoms with E-state index in [0.29, 0.717) is 17.8 Å². The van der Waals surface area contributed by atoms with Crippen LogP contribution >= 0.6 is 0 Å². The van der Waals surface area contributed by atoms with E-state index in [2.05, 4.69) is 12.2 Å². The Labute approximate surface area is 98.2 Å². The molecule has 1 unspecified atom stereocenters. The van der Waals surface area contributed by atoms with Crippen molar-refractivity contribution in [2.24, 2.45) is 17.1 Å². The number of nitrogens with two attached hydrogens (primary N) is 1. The van der Waals surface area contributed by atoms with Gasteiger partial charge >= 0.3 is 0 Å². The predicted molar refractivity (Wildman–Crippen MR) is 64.9 cm³/mol. The van der Waals surface area contributed by atoms with Crippen molar-refractivity contribution in [2.45, 2.75) is 57.9 Å². The average Bonchev–Trinajstić information content (AvgIpc) is 2.99. The van der Waals surface area contributed by atoms with Crippen LogP contribution in [-0.4, -0.2) is 18.5 Å². The van der Waals surface area contributed by atoms with E-state index in [4.69, 9.17) is 5.73 Å². The highest BCUT2D eigenvalue weighted by Gasteiger charge is 2.35. The molecule has 0 bridgehead atoms. The molecule has 0 aliphatic heterocycles. The number of hydrogen-bond donors (Lipinski definition) is 2. The molecule has 1 atom stereocenters. The molecule has 3 nitrogen and oxygen atoms in total. The van der Waals surface area contributed by atoms with Crippen molar-refractivity contribution in [3.05, 3.63) is 0 Å². The summed E-state index contributed by atoms with van der Waals surface area (Å²) in [4.78, 5) is 11.7. The topological polar surface area (TPSA) is 55.1 Å². The Balaban J connectivity index is 1.66. The SMILES string of the molecule is CCC1(CNC(=O)CC(N)C2CC2)CCC1. The summed E-state index contributed by atoms with van der Waals surface area (Å²) < 4.78 is 0. The second-order valence-electron chi connectivity index (χ2n) is 5.69. The molecule has 0 aromatic heterocycles. The minimum absolute atomic E-state index is 0.0963. The van der Waals surface area contributed by atoms with Crippen LogP contribution in [-0.2, 0) is 4.79 Å². The molecule has 3 heteroatoms. The molecular formula is C13H24N2O. The Morgan fingerprint density at radius 3 is 2.62 bits per heavy atom. The van der Waals surface area contributed by atoms with Gasteiger partial charge in [0, 0.05) is 19.0 Å². The van der Waals surface area contributed by atoms with E-state index in [0.717, 1.165) is 6.54 Å². The van der Waals surface area contributed by atoms with Crippen LogP contribution in [0.2, 0.25) is 0 Å². The first-order valence-electron chi connectivity index (χ1n) is 6.67. The molecule has 0 aromatic rings. The molecule has 0 aromatic carbocycles. The summed E-state index contributed by atoms with van der Waals surface area (Å²) in [6.45, 7) is 3.08. The van der Waals surface area contributed by atoms with Crippen LogP contribution < -0.4 is 11.1 Å². The Bertz CT molecular complexity index is 251. The summed E-state index contributed by atoms with van der Waals surface area (Å²) in [5.41, 5.74) is 6.35. The lowest BCUT2D eigenvalue weighted by Crippen LogP contribution is -2.43. The highest BCUT2D eigenvalue weighted by atomic mass is 16.1. The molecule has 2 fully saturated rings. The average molecular weight is 224 g/mol. The van der Waals surface area contributed by atoms with Gasteiger partial charge in [0.1, 0.15) is 0 Å². The third-order valence-electron chi connectivity index (χ3n) is 4.47. The first-order chi connectivity index (χ1) is 7.65. The first-order valence-corrected chi connectivity index (χ1v) is 6.67. The highest BCUT2D eigenvalue weighted by molar-refractivity contribution is 5.76. The van der Waals surface area contributed by atoms with Crippen LogP contribution in [0.5, 0.6) is 0 Å². The van der Waals surface area contributed by atoms with Crippen LogP contribution in [0, 0.1) is 11.3 Å². The zero-order chi connectivity index (χ0) is 11.6. The van der Waals surface area contributed by atoms with E-state index in [-0.39, 0.29) is 11.9 Å². The van der Waals surface area contributed by atoms with Gasteiger partial charge in [-0.15, -0.1) is 0 Å². The summed E-state index contributed by atoms with van der Waals surface area (Å²) >= 11 is 0. The standard InChI is InChI=1S/C13H24N2O/c1-2-13(6-3-7-13)9-15-12(16)8-11(14)10-4-5-10/h10-11H,2-9,14H2,1H3,(H,15,16). The van der Waals surface area contributed by atoms with Crippen molar-refractivity contribution in [1.29, 1.82) is 0 Å². The fourth-order valence-corrected chi connectivity index (χ4v) is 2.60. The lowest BCUT2D eigenvalue weighted by atomic mass is 9.67. The van der Waals surface area contributed by atoms with Crippen molar-refractivity contribution >= 4 is 5.91 Å². The van der Waals surface area contributed by atoms with E-state index in [1.165, 1.54) is 38.5 Å². The summed E-state index contributed by atoms with van der Waals surface area (Å²) in [5, 5.41) is 3.07. The predicted octanol–water partition coefficient (Wildman–Crippen LogP) is 1.81. The molecule has 0 saturated heterocycles. The van der Waals surface area contributed by atoms with Gasteiger partial charge in [0.15, 0.2) is 0 Å². The number of carbonyl (C=O) groups excluding carboxylic acids is 1. The third kappa shape index (κ3) is 2.76. The number of hydrogen-bond acceptors (Lipinski definition) is 2. The van der Waals surface area contributed by atoms with Gasteiger partial charge in [0.05, 0.1) is 0 Å². The van der Waals surface area contributed by atoms with Crippen LogP contribution in [0.4, 0.5) is 0 Å². The molecule has 92 valence electrons. The second kappa shape index (κ2) is 4.74. The smallest absolute Gasteiger partial charge is 0.221 e.